The van der Waals surface area contributed by atoms with E-state index < -0.39 is 10.7 Å². The summed E-state index contributed by atoms with van der Waals surface area (Å²) >= 11 is 0.991. The largest absolute Gasteiger partial charge is 0.480 e. The van der Waals surface area contributed by atoms with Crippen LogP contribution in [-0.2, 0) is 4.79 Å². The molecule has 1 heterocycles. The lowest BCUT2D eigenvalue weighted by Crippen LogP contribution is -2.27. The molecular weight excluding hydrogens is 246 g/mol. The molecule has 0 radical (unpaired) electrons. The minimum Gasteiger partial charge on any atom is -0.480 e. The molecule has 1 N–H and O–H groups in total. The maximum Gasteiger partial charge on any atom is 0.323 e. The molecule has 0 atom stereocenters. The molecule has 0 unspecified atom stereocenters. The molecule has 0 aliphatic rings. The first kappa shape index (κ1) is 13.5. The summed E-state index contributed by atoms with van der Waals surface area (Å²) < 4.78 is 8.69. The third-order valence-corrected chi connectivity index (χ3v) is 2.85. The molecule has 17 heavy (non-hydrogen) atoms. The van der Waals surface area contributed by atoms with Crippen molar-refractivity contribution in [3.63, 3.8) is 0 Å². The van der Waals surface area contributed by atoms with Gasteiger partial charge >= 0.3 is 18.0 Å². The van der Waals surface area contributed by atoms with E-state index in [4.69, 9.17) is 14.6 Å². The van der Waals surface area contributed by atoms with Crippen molar-refractivity contribution in [3.05, 3.63) is 0 Å². The topological polar surface area (TPSA) is 94.4 Å². The van der Waals surface area contributed by atoms with Gasteiger partial charge in [0.15, 0.2) is 5.16 Å². The fourth-order valence-electron chi connectivity index (χ4n) is 0.821. The molecule has 0 bridgehead atoms. The lowest BCUT2D eigenvalue weighted by atomic mass is 10.2. The Hall–Kier alpha value is -1.57. The zero-order valence-electron chi connectivity index (χ0n) is 9.92. The highest BCUT2D eigenvalue weighted by atomic mass is 32.2. The summed E-state index contributed by atoms with van der Waals surface area (Å²) in [7, 11) is 2.82. The fraction of sp³-hybridized carbons (Fsp3) is 0.556. The second-order valence-corrected chi connectivity index (χ2v) is 5.10. The van der Waals surface area contributed by atoms with Crippen LogP contribution in [0.2, 0.25) is 0 Å². The standard InChI is InChI=1S/C9H13N3O4S/c1-9(2,5(13)14)17-8-11-6(15-3)10-7(12-8)16-4/h1-4H3,(H,13,14). The van der Waals surface area contributed by atoms with Crippen molar-refractivity contribution in [1.29, 1.82) is 0 Å². The number of carboxylic acids is 1. The second kappa shape index (κ2) is 5.17. The molecule has 8 heteroatoms. The predicted octanol–water partition coefficient (Wildman–Crippen LogP) is 0.844. The van der Waals surface area contributed by atoms with Crippen LogP contribution in [0.15, 0.2) is 5.16 Å². The molecule has 0 saturated heterocycles. The van der Waals surface area contributed by atoms with Gasteiger partial charge in [0.1, 0.15) is 4.75 Å². The van der Waals surface area contributed by atoms with Gasteiger partial charge in [0.2, 0.25) is 0 Å². The van der Waals surface area contributed by atoms with Crippen molar-refractivity contribution < 1.29 is 19.4 Å². The van der Waals surface area contributed by atoms with Crippen LogP contribution in [0.1, 0.15) is 13.8 Å². The Labute approximate surface area is 103 Å². The van der Waals surface area contributed by atoms with E-state index in [1.165, 1.54) is 14.2 Å². The van der Waals surface area contributed by atoms with Crippen molar-refractivity contribution in [2.45, 2.75) is 23.8 Å². The average Bonchev–Trinajstić information content (AvgIpc) is 2.27. The Bertz CT molecular complexity index is 402. The molecule has 0 amide bonds. The van der Waals surface area contributed by atoms with Gasteiger partial charge in [-0.25, -0.2) is 0 Å². The van der Waals surface area contributed by atoms with Gasteiger partial charge in [0.25, 0.3) is 0 Å². The summed E-state index contributed by atoms with van der Waals surface area (Å²) in [5, 5.41) is 9.24. The third-order valence-electron chi connectivity index (χ3n) is 1.80. The van der Waals surface area contributed by atoms with Gasteiger partial charge in [-0.3, -0.25) is 4.79 Å². The second-order valence-electron chi connectivity index (χ2n) is 3.51. The molecule has 0 aliphatic heterocycles. The van der Waals surface area contributed by atoms with Crippen LogP contribution in [0.3, 0.4) is 0 Å². The average molecular weight is 259 g/mol. The number of hydrogen-bond donors (Lipinski definition) is 1. The molecule has 1 aromatic rings. The van der Waals surface area contributed by atoms with Gasteiger partial charge in [-0.05, 0) is 13.8 Å². The van der Waals surface area contributed by atoms with Crippen molar-refractivity contribution in [2.24, 2.45) is 0 Å². The Morgan fingerprint density at radius 3 is 2.00 bits per heavy atom. The zero-order chi connectivity index (χ0) is 13.1. The smallest absolute Gasteiger partial charge is 0.323 e. The van der Waals surface area contributed by atoms with E-state index in [-0.39, 0.29) is 17.2 Å². The van der Waals surface area contributed by atoms with E-state index >= 15 is 0 Å². The molecular formula is C9H13N3O4S. The van der Waals surface area contributed by atoms with Gasteiger partial charge in [0.05, 0.1) is 14.2 Å². The predicted molar refractivity (Wildman–Crippen MR) is 60.5 cm³/mol. The van der Waals surface area contributed by atoms with E-state index in [0.29, 0.717) is 0 Å². The quantitative estimate of drug-likeness (QED) is 0.777. The van der Waals surface area contributed by atoms with Crippen molar-refractivity contribution in [3.8, 4) is 12.0 Å². The molecule has 0 spiro atoms. The van der Waals surface area contributed by atoms with Crippen LogP contribution in [0, 0.1) is 0 Å². The Balaban J connectivity index is 3.02. The number of thioether (sulfide) groups is 1. The van der Waals surface area contributed by atoms with Gasteiger partial charge < -0.3 is 14.6 Å². The van der Waals surface area contributed by atoms with E-state index in [9.17, 15) is 4.79 Å². The summed E-state index contributed by atoms with van der Waals surface area (Å²) in [5.74, 6) is -0.958. The molecule has 1 aromatic heterocycles. The Morgan fingerprint density at radius 1 is 1.18 bits per heavy atom. The summed E-state index contributed by atoms with van der Waals surface area (Å²) in [6.07, 6.45) is 0. The number of methoxy groups -OCH3 is 2. The highest BCUT2D eigenvalue weighted by Crippen LogP contribution is 2.31. The molecule has 0 aromatic carbocycles. The number of carbonyl (C=O) groups is 1. The number of rotatable bonds is 5. The monoisotopic (exact) mass is 259 g/mol. The van der Waals surface area contributed by atoms with Crippen LogP contribution >= 0.6 is 11.8 Å². The number of aliphatic carboxylic acids is 1. The number of ether oxygens (including phenoxy) is 2. The lowest BCUT2D eigenvalue weighted by Gasteiger charge is -2.16. The summed E-state index contributed by atoms with van der Waals surface area (Å²) in [4.78, 5) is 22.7. The number of hydrogen-bond acceptors (Lipinski definition) is 7. The molecule has 0 saturated carbocycles. The van der Waals surface area contributed by atoms with Crippen LogP contribution in [0.4, 0.5) is 0 Å². The van der Waals surface area contributed by atoms with Gasteiger partial charge in [-0.1, -0.05) is 11.8 Å². The van der Waals surface area contributed by atoms with E-state index in [2.05, 4.69) is 15.0 Å². The van der Waals surface area contributed by atoms with E-state index in [1.807, 2.05) is 0 Å². The van der Waals surface area contributed by atoms with Crippen LogP contribution < -0.4 is 9.47 Å². The number of aromatic nitrogens is 3. The van der Waals surface area contributed by atoms with Crippen molar-refractivity contribution >= 4 is 17.7 Å². The van der Waals surface area contributed by atoms with Crippen LogP contribution in [0.5, 0.6) is 12.0 Å². The summed E-state index contributed by atoms with van der Waals surface area (Å²) in [6, 6.07) is 0.168. The zero-order valence-corrected chi connectivity index (χ0v) is 10.7. The maximum atomic E-state index is 11.0. The number of nitrogens with zero attached hydrogens (tertiary/aromatic N) is 3. The molecule has 7 nitrogen and oxygen atoms in total. The highest BCUT2D eigenvalue weighted by Gasteiger charge is 2.30. The van der Waals surface area contributed by atoms with Gasteiger partial charge in [0, 0.05) is 0 Å². The van der Waals surface area contributed by atoms with E-state index in [1.54, 1.807) is 13.8 Å². The highest BCUT2D eigenvalue weighted by molar-refractivity contribution is 8.01. The molecule has 1 rings (SSSR count). The van der Waals surface area contributed by atoms with Crippen LogP contribution in [0.25, 0.3) is 0 Å². The minimum absolute atomic E-state index is 0.0838. The first-order chi connectivity index (χ1) is 7.89. The SMILES string of the molecule is COc1nc(OC)nc(SC(C)(C)C(=O)O)n1. The van der Waals surface area contributed by atoms with Crippen LogP contribution in [-0.4, -0.2) is 45.0 Å². The fourth-order valence-corrected chi connectivity index (χ4v) is 1.61. The molecule has 0 fully saturated rings. The Morgan fingerprint density at radius 2 is 1.65 bits per heavy atom. The summed E-state index contributed by atoms with van der Waals surface area (Å²) in [5.41, 5.74) is 0. The Kier molecular flexibility index (Phi) is 4.11. The first-order valence-electron chi connectivity index (χ1n) is 4.65. The lowest BCUT2D eigenvalue weighted by molar-refractivity contribution is -0.138. The molecule has 0 aliphatic carbocycles. The normalized spacial score (nSPS) is 11.1. The van der Waals surface area contributed by atoms with Crippen molar-refractivity contribution in [2.75, 3.05) is 14.2 Å². The van der Waals surface area contributed by atoms with Gasteiger partial charge in [-0.2, -0.15) is 9.97 Å². The van der Waals surface area contributed by atoms with E-state index in [0.717, 1.165) is 11.8 Å². The number of carboxylic acid groups (broad SMARTS) is 1. The maximum absolute atomic E-state index is 11.0. The third kappa shape index (κ3) is 3.45. The minimum atomic E-state index is -1.04. The first-order valence-corrected chi connectivity index (χ1v) is 5.47. The molecule has 94 valence electrons. The van der Waals surface area contributed by atoms with Gasteiger partial charge in [-0.15, -0.1) is 4.98 Å². The van der Waals surface area contributed by atoms with Crippen molar-refractivity contribution in [1.82, 2.24) is 15.0 Å². The summed E-state index contributed by atoms with van der Waals surface area (Å²) in [6.45, 7) is 3.12.